The molecule has 2 N–H and O–H groups in total. The van der Waals surface area contributed by atoms with E-state index in [1.165, 1.54) is 37.4 Å². The van der Waals surface area contributed by atoms with Crippen LogP contribution in [-0.2, 0) is 4.74 Å². The molecule has 0 heterocycles. The van der Waals surface area contributed by atoms with E-state index < -0.39 is 5.97 Å². The van der Waals surface area contributed by atoms with Crippen LogP contribution in [0.2, 0.25) is 0 Å². The topological polar surface area (TPSA) is 83.8 Å². The van der Waals surface area contributed by atoms with Gasteiger partial charge in [0.2, 0.25) is 0 Å². The fourth-order valence-corrected chi connectivity index (χ4v) is 1.74. The number of ether oxygens (including phenoxy) is 1. The summed E-state index contributed by atoms with van der Waals surface area (Å²) in [6.45, 7) is 0. The third-order valence-electron chi connectivity index (χ3n) is 2.78. The maximum atomic E-state index is 12.2. The van der Waals surface area contributed by atoms with Gasteiger partial charge in [-0.05, 0) is 30.3 Å². The second-order valence-corrected chi connectivity index (χ2v) is 4.11. The molecule has 0 aromatic heterocycles. The fraction of sp³-hybridized carbons (Fsp3) is 0.0667. The Labute approximate surface area is 115 Å². The number of phenolic OH excluding ortho intramolecular Hbond substituents is 2. The second-order valence-electron chi connectivity index (χ2n) is 4.11. The average molecular weight is 272 g/mol. The van der Waals surface area contributed by atoms with Crippen molar-refractivity contribution in [1.29, 1.82) is 0 Å². The first-order valence-electron chi connectivity index (χ1n) is 5.78. The van der Waals surface area contributed by atoms with Gasteiger partial charge in [-0.2, -0.15) is 0 Å². The van der Waals surface area contributed by atoms with E-state index in [9.17, 15) is 19.8 Å². The zero-order valence-corrected chi connectivity index (χ0v) is 10.7. The van der Waals surface area contributed by atoms with Gasteiger partial charge < -0.3 is 14.9 Å². The zero-order valence-electron chi connectivity index (χ0n) is 10.7. The van der Waals surface area contributed by atoms with Crippen molar-refractivity contribution in [3.05, 3.63) is 59.2 Å². The van der Waals surface area contributed by atoms with Gasteiger partial charge in [-0.15, -0.1) is 0 Å². The van der Waals surface area contributed by atoms with Crippen molar-refractivity contribution in [3.63, 3.8) is 0 Å². The molecule has 0 aliphatic heterocycles. The smallest absolute Gasteiger partial charge is 0.337 e. The van der Waals surface area contributed by atoms with Crippen molar-refractivity contribution in [2.45, 2.75) is 0 Å². The lowest BCUT2D eigenvalue weighted by Gasteiger charge is -2.05. The third-order valence-corrected chi connectivity index (χ3v) is 2.78. The number of hydrogen-bond acceptors (Lipinski definition) is 5. The Balaban J connectivity index is 2.38. The Kier molecular flexibility index (Phi) is 3.70. The highest BCUT2D eigenvalue weighted by molar-refractivity contribution is 6.10. The number of carbonyl (C=O) groups excluding carboxylic acids is 2. The van der Waals surface area contributed by atoms with Gasteiger partial charge >= 0.3 is 5.97 Å². The zero-order chi connectivity index (χ0) is 14.7. The predicted molar refractivity (Wildman–Crippen MR) is 71.0 cm³/mol. The Hall–Kier alpha value is -2.82. The summed E-state index contributed by atoms with van der Waals surface area (Å²) in [5.41, 5.74) is 0.765. The molecule has 0 aliphatic rings. The lowest BCUT2D eigenvalue weighted by molar-refractivity contribution is 0.0600. The molecule has 0 spiro atoms. The second kappa shape index (κ2) is 5.44. The summed E-state index contributed by atoms with van der Waals surface area (Å²) >= 11 is 0. The lowest BCUT2D eigenvalue weighted by Crippen LogP contribution is -2.05. The number of ketones is 1. The maximum absolute atomic E-state index is 12.2. The van der Waals surface area contributed by atoms with Crippen LogP contribution in [0.25, 0.3) is 0 Å². The van der Waals surface area contributed by atoms with Crippen LogP contribution in [0.5, 0.6) is 11.5 Å². The van der Waals surface area contributed by atoms with Crippen molar-refractivity contribution in [3.8, 4) is 11.5 Å². The molecular weight excluding hydrogens is 260 g/mol. The molecule has 0 atom stereocenters. The van der Waals surface area contributed by atoms with E-state index in [1.807, 2.05) is 0 Å². The Morgan fingerprint density at radius 2 is 1.55 bits per heavy atom. The van der Waals surface area contributed by atoms with Crippen LogP contribution in [0.15, 0.2) is 42.5 Å². The first-order valence-corrected chi connectivity index (χ1v) is 5.78. The number of rotatable bonds is 3. The molecule has 0 saturated carbocycles. The highest BCUT2D eigenvalue weighted by Gasteiger charge is 2.14. The van der Waals surface area contributed by atoms with Crippen molar-refractivity contribution in [2.75, 3.05) is 7.11 Å². The molecule has 0 radical (unpaired) electrons. The van der Waals surface area contributed by atoms with Gasteiger partial charge in [0.15, 0.2) is 17.3 Å². The fourth-order valence-electron chi connectivity index (χ4n) is 1.74. The molecule has 0 bridgehead atoms. The van der Waals surface area contributed by atoms with Crippen molar-refractivity contribution in [2.24, 2.45) is 0 Å². The van der Waals surface area contributed by atoms with Crippen molar-refractivity contribution >= 4 is 11.8 Å². The van der Waals surface area contributed by atoms with Gasteiger partial charge in [0.25, 0.3) is 0 Å². The minimum Gasteiger partial charge on any atom is -0.504 e. The minimum atomic E-state index is -0.534. The number of hydrogen-bond donors (Lipinski definition) is 2. The molecule has 102 valence electrons. The normalized spacial score (nSPS) is 10.1. The van der Waals surface area contributed by atoms with E-state index >= 15 is 0 Å². The lowest BCUT2D eigenvalue weighted by atomic mass is 10.0. The van der Waals surface area contributed by atoms with E-state index in [1.54, 1.807) is 12.1 Å². The summed E-state index contributed by atoms with van der Waals surface area (Å²) in [6.07, 6.45) is 0. The van der Waals surface area contributed by atoms with Crippen molar-refractivity contribution < 1.29 is 24.5 Å². The number of methoxy groups -OCH3 is 1. The summed E-state index contributed by atoms with van der Waals surface area (Å²) in [4.78, 5) is 23.6. The number of benzene rings is 2. The molecule has 0 saturated heterocycles. The summed E-state index contributed by atoms with van der Waals surface area (Å²) in [5, 5.41) is 18.6. The van der Waals surface area contributed by atoms with E-state index in [2.05, 4.69) is 4.74 Å². The van der Waals surface area contributed by atoms with Gasteiger partial charge in [-0.25, -0.2) is 4.79 Å². The number of carbonyl (C=O) groups is 2. The SMILES string of the molecule is COC(=O)c1cccc(C(=O)c2ccc(O)c(O)c2)c1. The first kappa shape index (κ1) is 13.6. The van der Waals surface area contributed by atoms with E-state index in [-0.39, 0.29) is 34.0 Å². The van der Waals surface area contributed by atoms with Crippen LogP contribution in [0.4, 0.5) is 0 Å². The third kappa shape index (κ3) is 2.61. The molecule has 0 unspecified atom stereocenters. The summed E-state index contributed by atoms with van der Waals surface area (Å²) in [7, 11) is 1.26. The molecule has 0 fully saturated rings. The Morgan fingerprint density at radius 1 is 0.900 bits per heavy atom. The van der Waals surface area contributed by atoms with Gasteiger partial charge in [-0.1, -0.05) is 12.1 Å². The van der Waals surface area contributed by atoms with Crippen LogP contribution in [0, 0.1) is 0 Å². The minimum absolute atomic E-state index is 0.210. The molecule has 5 heteroatoms. The van der Waals surface area contributed by atoms with Gasteiger partial charge in [0, 0.05) is 11.1 Å². The average Bonchev–Trinajstić information content (AvgIpc) is 2.48. The van der Waals surface area contributed by atoms with Crippen LogP contribution in [0.3, 0.4) is 0 Å². The van der Waals surface area contributed by atoms with E-state index in [0.717, 1.165) is 0 Å². The summed E-state index contributed by atoms with van der Waals surface area (Å²) < 4.78 is 4.59. The molecule has 0 aliphatic carbocycles. The highest BCUT2D eigenvalue weighted by atomic mass is 16.5. The molecule has 20 heavy (non-hydrogen) atoms. The largest absolute Gasteiger partial charge is 0.504 e. The van der Waals surface area contributed by atoms with Crippen LogP contribution in [0.1, 0.15) is 26.3 Å². The maximum Gasteiger partial charge on any atom is 0.337 e. The number of aromatic hydroxyl groups is 2. The quantitative estimate of drug-likeness (QED) is 0.508. The van der Waals surface area contributed by atoms with E-state index in [0.29, 0.717) is 0 Å². The molecule has 2 aromatic carbocycles. The number of phenols is 2. The van der Waals surface area contributed by atoms with Crippen molar-refractivity contribution in [1.82, 2.24) is 0 Å². The van der Waals surface area contributed by atoms with Crippen LogP contribution in [-0.4, -0.2) is 29.1 Å². The first-order chi connectivity index (χ1) is 9.52. The summed E-state index contributed by atoms with van der Waals surface area (Å²) in [6, 6.07) is 9.87. The Bertz CT molecular complexity index is 676. The highest BCUT2D eigenvalue weighted by Crippen LogP contribution is 2.26. The monoisotopic (exact) mass is 272 g/mol. The molecule has 0 amide bonds. The molecule has 2 rings (SSSR count). The predicted octanol–water partition coefficient (Wildman–Crippen LogP) is 2.12. The van der Waals surface area contributed by atoms with Gasteiger partial charge in [0.05, 0.1) is 12.7 Å². The molecule has 2 aromatic rings. The van der Waals surface area contributed by atoms with Crippen LogP contribution < -0.4 is 0 Å². The van der Waals surface area contributed by atoms with E-state index in [4.69, 9.17) is 0 Å². The van der Waals surface area contributed by atoms with Gasteiger partial charge in [0.1, 0.15) is 0 Å². The molecule has 5 nitrogen and oxygen atoms in total. The van der Waals surface area contributed by atoms with Crippen LogP contribution >= 0.6 is 0 Å². The van der Waals surface area contributed by atoms with Gasteiger partial charge in [-0.3, -0.25) is 4.79 Å². The molecular formula is C15H12O5. The number of esters is 1. The Morgan fingerprint density at radius 3 is 2.20 bits per heavy atom. The standard InChI is InChI=1S/C15H12O5/c1-20-15(19)11-4-2-3-9(7-11)14(18)10-5-6-12(16)13(17)8-10/h2-8,16-17H,1H3. The summed E-state index contributed by atoms with van der Waals surface area (Å²) in [5.74, 6) is -1.58.